The first-order valence-electron chi connectivity index (χ1n) is 7.05. The van der Waals surface area contributed by atoms with E-state index in [4.69, 9.17) is 4.74 Å². The van der Waals surface area contributed by atoms with Crippen LogP contribution in [0.1, 0.15) is 5.69 Å². The van der Waals surface area contributed by atoms with E-state index in [2.05, 4.69) is 25.9 Å². The lowest BCUT2D eigenvalue weighted by Crippen LogP contribution is -2.47. The first-order valence-corrected chi connectivity index (χ1v) is 7.05. The van der Waals surface area contributed by atoms with Crippen LogP contribution in [-0.2, 0) is 4.74 Å². The van der Waals surface area contributed by atoms with Crippen LogP contribution in [0, 0.1) is 6.92 Å². The van der Waals surface area contributed by atoms with E-state index in [0.29, 0.717) is 0 Å². The molecule has 0 amide bonds. The minimum atomic E-state index is 0.803. The van der Waals surface area contributed by atoms with E-state index < -0.39 is 0 Å². The second-order valence-electron chi connectivity index (χ2n) is 5.18. The van der Waals surface area contributed by atoms with Gasteiger partial charge in [0, 0.05) is 57.7 Å². The molecule has 20 heavy (non-hydrogen) atoms. The van der Waals surface area contributed by atoms with Gasteiger partial charge in [-0.25, -0.2) is 4.98 Å². The van der Waals surface area contributed by atoms with Gasteiger partial charge in [-0.05, 0) is 6.92 Å². The van der Waals surface area contributed by atoms with E-state index in [-0.39, 0.29) is 0 Å². The number of aromatic nitrogens is 3. The normalized spacial score (nSPS) is 17.0. The minimum Gasteiger partial charge on any atom is -0.383 e. The van der Waals surface area contributed by atoms with Crippen molar-refractivity contribution in [2.24, 2.45) is 0 Å². The summed E-state index contributed by atoms with van der Waals surface area (Å²) in [6, 6.07) is 4.07. The standard InChI is InChI=1S/C14H21N5O/c1-12-11-14(19-13(16-12)3-4-15-19)18-7-5-17(6-8-18)9-10-20-2/h3-4,11H,5-10H2,1-2H3. The van der Waals surface area contributed by atoms with Crippen LogP contribution in [-0.4, -0.2) is 65.9 Å². The molecule has 1 aliphatic rings. The molecular weight excluding hydrogens is 254 g/mol. The summed E-state index contributed by atoms with van der Waals surface area (Å²) in [6.07, 6.45) is 1.81. The zero-order valence-electron chi connectivity index (χ0n) is 12.1. The summed E-state index contributed by atoms with van der Waals surface area (Å²) >= 11 is 0. The number of piperazine rings is 1. The zero-order valence-corrected chi connectivity index (χ0v) is 12.1. The molecule has 3 heterocycles. The molecule has 0 unspecified atom stereocenters. The number of fused-ring (bicyclic) bond motifs is 1. The fourth-order valence-corrected chi connectivity index (χ4v) is 2.66. The third-order valence-electron chi connectivity index (χ3n) is 3.78. The van der Waals surface area contributed by atoms with Gasteiger partial charge in [0.15, 0.2) is 5.65 Å². The largest absolute Gasteiger partial charge is 0.383 e. The summed E-state index contributed by atoms with van der Waals surface area (Å²) in [6.45, 7) is 8.01. The summed E-state index contributed by atoms with van der Waals surface area (Å²) < 4.78 is 7.07. The number of hydrogen-bond acceptors (Lipinski definition) is 5. The van der Waals surface area contributed by atoms with E-state index in [1.807, 2.05) is 17.5 Å². The molecule has 0 N–H and O–H groups in total. The molecule has 0 saturated carbocycles. The predicted octanol–water partition coefficient (Wildman–Crippen LogP) is 0.806. The lowest BCUT2D eigenvalue weighted by Gasteiger charge is -2.35. The van der Waals surface area contributed by atoms with E-state index in [9.17, 15) is 0 Å². The Kier molecular flexibility index (Phi) is 3.84. The first-order chi connectivity index (χ1) is 9.78. The summed E-state index contributed by atoms with van der Waals surface area (Å²) in [5, 5.41) is 4.38. The Morgan fingerprint density at radius 3 is 2.80 bits per heavy atom. The molecule has 2 aromatic heterocycles. The highest BCUT2D eigenvalue weighted by Gasteiger charge is 2.19. The van der Waals surface area contributed by atoms with Gasteiger partial charge in [0.05, 0.1) is 12.8 Å². The van der Waals surface area contributed by atoms with Gasteiger partial charge < -0.3 is 9.64 Å². The maximum atomic E-state index is 5.14. The van der Waals surface area contributed by atoms with Crippen molar-refractivity contribution in [1.29, 1.82) is 0 Å². The van der Waals surface area contributed by atoms with Crippen molar-refractivity contribution in [2.45, 2.75) is 6.92 Å². The molecule has 1 saturated heterocycles. The number of rotatable bonds is 4. The number of hydrogen-bond donors (Lipinski definition) is 0. The summed E-state index contributed by atoms with van der Waals surface area (Å²) in [5.74, 6) is 1.14. The number of nitrogens with zero attached hydrogens (tertiary/aromatic N) is 5. The highest BCUT2D eigenvalue weighted by atomic mass is 16.5. The van der Waals surface area contributed by atoms with Gasteiger partial charge in [0.25, 0.3) is 0 Å². The van der Waals surface area contributed by atoms with Gasteiger partial charge in [-0.15, -0.1) is 0 Å². The molecule has 0 aliphatic carbocycles. The number of anilines is 1. The molecule has 0 aromatic carbocycles. The van der Waals surface area contributed by atoms with Crippen molar-refractivity contribution in [3.63, 3.8) is 0 Å². The topological polar surface area (TPSA) is 45.9 Å². The number of ether oxygens (including phenoxy) is 1. The first kappa shape index (κ1) is 13.3. The Bertz CT molecular complexity index is 574. The Morgan fingerprint density at radius 2 is 2.05 bits per heavy atom. The van der Waals surface area contributed by atoms with Gasteiger partial charge in [-0.1, -0.05) is 0 Å². The average molecular weight is 275 g/mol. The van der Waals surface area contributed by atoms with Crippen molar-refractivity contribution in [1.82, 2.24) is 19.5 Å². The molecule has 2 aromatic rings. The summed E-state index contributed by atoms with van der Waals surface area (Å²) in [7, 11) is 1.75. The van der Waals surface area contributed by atoms with Gasteiger partial charge in [0.2, 0.25) is 0 Å². The summed E-state index contributed by atoms with van der Waals surface area (Å²) in [4.78, 5) is 9.32. The molecule has 6 heteroatoms. The summed E-state index contributed by atoms with van der Waals surface area (Å²) in [5.41, 5.74) is 1.96. The molecule has 0 atom stereocenters. The van der Waals surface area contributed by atoms with Crippen LogP contribution in [0.25, 0.3) is 5.65 Å². The molecule has 0 radical (unpaired) electrons. The Labute approximate surface area is 119 Å². The van der Waals surface area contributed by atoms with Gasteiger partial charge in [0.1, 0.15) is 5.82 Å². The Morgan fingerprint density at radius 1 is 1.25 bits per heavy atom. The monoisotopic (exact) mass is 275 g/mol. The third-order valence-corrected chi connectivity index (χ3v) is 3.78. The van der Waals surface area contributed by atoms with E-state index in [1.165, 1.54) is 0 Å². The quantitative estimate of drug-likeness (QED) is 0.826. The van der Waals surface area contributed by atoms with Crippen LogP contribution >= 0.6 is 0 Å². The maximum Gasteiger partial charge on any atom is 0.157 e. The molecule has 3 rings (SSSR count). The second kappa shape index (κ2) is 5.76. The van der Waals surface area contributed by atoms with Gasteiger partial charge in [-0.2, -0.15) is 9.61 Å². The van der Waals surface area contributed by atoms with Crippen LogP contribution in [0.2, 0.25) is 0 Å². The van der Waals surface area contributed by atoms with Crippen molar-refractivity contribution in [2.75, 3.05) is 51.3 Å². The smallest absolute Gasteiger partial charge is 0.157 e. The molecule has 1 fully saturated rings. The fourth-order valence-electron chi connectivity index (χ4n) is 2.66. The SMILES string of the molecule is COCCN1CCN(c2cc(C)nc3ccnn23)CC1. The van der Waals surface area contributed by atoms with Crippen molar-refractivity contribution >= 4 is 11.5 Å². The minimum absolute atomic E-state index is 0.803. The molecule has 0 spiro atoms. The Hall–Kier alpha value is -1.66. The predicted molar refractivity (Wildman–Crippen MR) is 78.3 cm³/mol. The lowest BCUT2D eigenvalue weighted by molar-refractivity contribution is 0.144. The molecule has 108 valence electrons. The van der Waals surface area contributed by atoms with E-state index in [1.54, 1.807) is 13.3 Å². The van der Waals surface area contributed by atoms with Crippen molar-refractivity contribution in [3.05, 3.63) is 24.0 Å². The highest BCUT2D eigenvalue weighted by molar-refractivity contribution is 5.50. The second-order valence-corrected chi connectivity index (χ2v) is 5.18. The molecule has 0 bridgehead atoms. The van der Waals surface area contributed by atoms with Crippen LogP contribution < -0.4 is 4.90 Å². The van der Waals surface area contributed by atoms with Gasteiger partial charge >= 0.3 is 0 Å². The zero-order chi connectivity index (χ0) is 13.9. The maximum absolute atomic E-state index is 5.14. The fraction of sp³-hybridized carbons (Fsp3) is 0.571. The van der Waals surface area contributed by atoms with Crippen molar-refractivity contribution < 1.29 is 4.74 Å². The van der Waals surface area contributed by atoms with E-state index in [0.717, 1.165) is 56.5 Å². The van der Waals surface area contributed by atoms with Crippen molar-refractivity contribution in [3.8, 4) is 0 Å². The highest BCUT2D eigenvalue weighted by Crippen LogP contribution is 2.18. The molecule has 1 aliphatic heterocycles. The third kappa shape index (κ3) is 2.62. The van der Waals surface area contributed by atoms with Crippen LogP contribution in [0.5, 0.6) is 0 Å². The molecular formula is C14H21N5O. The van der Waals surface area contributed by atoms with Crippen LogP contribution in [0.4, 0.5) is 5.82 Å². The van der Waals surface area contributed by atoms with Gasteiger partial charge in [-0.3, -0.25) is 4.90 Å². The number of aryl methyl sites for hydroxylation is 1. The lowest BCUT2D eigenvalue weighted by atomic mass is 10.3. The van der Waals surface area contributed by atoms with E-state index >= 15 is 0 Å². The van der Waals surface area contributed by atoms with Crippen LogP contribution in [0.15, 0.2) is 18.3 Å². The average Bonchev–Trinajstić information content (AvgIpc) is 2.93. The molecule has 6 nitrogen and oxygen atoms in total. The van der Waals surface area contributed by atoms with Crippen LogP contribution in [0.3, 0.4) is 0 Å². The number of methoxy groups -OCH3 is 1. The Balaban J connectivity index is 1.75.